The zero-order chi connectivity index (χ0) is 14.0. The van der Waals surface area contributed by atoms with E-state index in [2.05, 4.69) is 18.7 Å². The van der Waals surface area contributed by atoms with Gasteiger partial charge in [0.2, 0.25) is 0 Å². The minimum absolute atomic E-state index is 0.371. The van der Waals surface area contributed by atoms with Gasteiger partial charge in [0.15, 0.2) is 0 Å². The lowest BCUT2D eigenvalue weighted by Gasteiger charge is -2.25. The second kappa shape index (κ2) is 5.57. The quantitative estimate of drug-likeness (QED) is 0.902. The zero-order valence-electron chi connectivity index (χ0n) is 12.3. The van der Waals surface area contributed by atoms with E-state index in [1.54, 1.807) is 0 Å². The number of pyridine rings is 1. The molecule has 0 bridgehead atoms. The van der Waals surface area contributed by atoms with Crippen molar-refractivity contribution in [3.05, 3.63) is 29.1 Å². The highest BCUT2D eigenvalue weighted by Gasteiger charge is 2.36. The van der Waals surface area contributed by atoms with Crippen molar-refractivity contribution in [2.75, 3.05) is 27.3 Å². The summed E-state index contributed by atoms with van der Waals surface area (Å²) in [6.07, 6.45) is 0.649. The summed E-state index contributed by atoms with van der Waals surface area (Å²) in [7, 11) is 4.03. The normalized spacial score (nSPS) is 23.5. The van der Waals surface area contributed by atoms with Gasteiger partial charge in [0.25, 0.3) is 0 Å². The molecule has 0 spiro atoms. The van der Waals surface area contributed by atoms with Gasteiger partial charge in [0.05, 0.1) is 12.3 Å². The third-order valence-electron chi connectivity index (χ3n) is 3.56. The van der Waals surface area contributed by atoms with Gasteiger partial charge >= 0.3 is 0 Å². The third-order valence-corrected chi connectivity index (χ3v) is 3.56. The Morgan fingerprint density at radius 2 is 2.16 bits per heavy atom. The van der Waals surface area contributed by atoms with Crippen LogP contribution in [0.2, 0.25) is 0 Å². The van der Waals surface area contributed by atoms with Gasteiger partial charge in [-0.05, 0) is 26.1 Å². The van der Waals surface area contributed by atoms with Crippen LogP contribution in [-0.2, 0) is 16.9 Å². The van der Waals surface area contributed by atoms with Crippen LogP contribution < -0.4 is 0 Å². The maximum Gasteiger partial charge on any atom is 0.117 e. The lowest BCUT2D eigenvalue weighted by molar-refractivity contribution is 0.0216. The first-order valence-corrected chi connectivity index (χ1v) is 6.87. The molecule has 2 heterocycles. The van der Waals surface area contributed by atoms with Crippen molar-refractivity contribution < 1.29 is 9.84 Å². The van der Waals surface area contributed by atoms with E-state index >= 15 is 0 Å². The summed E-state index contributed by atoms with van der Waals surface area (Å²) in [5, 5.41) is 10.7. The fraction of sp³-hybridized carbons (Fsp3) is 0.667. The number of nitrogens with zero attached hydrogens (tertiary/aromatic N) is 2. The molecule has 19 heavy (non-hydrogen) atoms. The van der Waals surface area contributed by atoms with Crippen LogP contribution >= 0.6 is 0 Å². The van der Waals surface area contributed by atoms with Crippen molar-refractivity contribution in [3.63, 3.8) is 0 Å². The van der Waals surface area contributed by atoms with Gasteiger partial charge in [-0.25, -0.2) is 0 Å². The monoisotopic (exact) mass is 264 g/mol. The Bertz CT molecular complexity index is 438. The Balaban J connectivity index is 2.41. The predicted octanol–water partition coefficient (Wildman–Crippen LogP) is 1.87. The highest BCUT2D eigenvalue weighted by atomic mass is 16.5. The minimum atomic E-state index is -0.867. The minimum Gasteiger partial charge on any atom is -0.383 e. The van der Waals surface area contributed by atoms with Crippen LogP contribution in [0.3, 0.4) is 0 Å². The Kier molecular flexibility index (Phi) is 4.23. The molecule has 0 unspecified atom stereocenters. The Labute approximate surface area is 115 Å². The molecule has 2 rings (SSSR count). The average Bonchev–Trinajstić information content (AvgIpc) is 2.76. The van der Waals surface area contributed by atoms with Crippen LogP contribution in [0.25, 0.3) is 0 Å². The maximum absolute atomic E-state index is 10.7. The molecule has 0 amide bonds. The largest absolute Gasteiger partial charge is 0.383 e. The molecule has 1 aromatic rings. The highest BCUT2D eigenvalue weighted by molar-refractivity contribution is 5.31. The number of hydrogen-bond donors (Lipinski definition) is 1. The van der Waals surface area contributed by atoms with Crippen molar-refractivity contribution in [3.8, 4) is 0 Å². The summed E-state index contributed by atoms with van der Waals surface area (Å²) in [6, 6.07) is 4.05. The molecule has 1 fully saturated rings. The second-order valence-corrected chi connectivity index (χ2v) is 5.96. The molecule has 1 atom stereocenters. The van der Waals surface area contributed by atoms with Gasteiger partial charge in [-0.15, -0.1) is 0 Å². The van der Waals surface area contributed by atoms with Crippen molar-refractivity contribution in [2.24, 2.45) is 0 Å². The molecule has 0 aliphatic carbocycles. The molecule has 0 saturated carbocycles. The summed E-state index contributed by atoms with van der Waals surface area (Å²) < 4.78 is 5.36. The van der Waals surface area contributed by atoms with Crippen molar-refractivity contribution in [1.82, 2.24) is 9.88 Å². The summed E-state index contributed by atoms with van der Waals surface area (Å²) in [6.45, 7) is 5.99. The van der Waals surface area contributed by atoms with Gasteiger partial charge in [-0.2, -0.15) is 0 Å². The van der Waals surface area contributed by atoms with E-state index in [-0.39, 0.29) is 0 Å². The molecular formula is C15H24N2O2. The molecule has 1 aliphatic rings. The van der Waals surface area contributed by atoms with Crippen LogP contribution in [0, 0.1) is 0 Å². The average molecular weight is 264 g/mol. The molecule has 106 valence electrons. The predicted molar refractivity (Wildman–Crippen MR) is 75.0 cm³/mol. The first-order valence-electron chi connectivity index (χ1n) is 6.87. The van der Waals surface area contributed by atoms with Gasteiger partial charge in [-0.3, -0.25) is 4.98 Å². The summed E-state index contributed by atoms with van der Waals surface area (Å²) in [4.78, 5) is 6.82. The molecule has 1 aliphatic heterocycles. The van der Waals surface area contributed by atoms with E-state index in [0.29, 0.717) is 25.6 Å². The first kappa shape index (κ1) is 14.4. The van der Waals surface area contributed by atoms with Gasteiger partial charge < -0.3 is 14.7 Å². The van der Waals surface area contributed by atoms with Crippen LogP contribution in [0.5, 0.6) is 0 Å². The fourth-order valence-electron chi connectivity index (χ4n) is 2.45. The topological polar surface area (TPSA) is 45.6 Å². The van der Waals surface area contributed by atoms with Crippen molar-refractivity contribution >= 4 is 0 Å². The van der Waals surface area contributed by atoms with E-state index in [0.717, 1.165) is 23.5 Å². The number of hydrogen-bond acceptors (Lipinski definition) is 4. The lowest BCUT2D eigenvalue weighted by atomic mass is 9.90. The Morgan fingerprint density at radius 1 is 1.42 bits per heavy atom. The van der Waals surface area contributed by atoms with Crippen LogP contribution in [0.4, 0.5) is 0 Å². The molecule has 1 saturated heterocycles. The summed E-state index contributed by atoms with van der Waals surface area (Å²) >= 11 is 0. The summed E-state index contributed by atoms with van der Waals surface area (Å²) in [5.41, 5.74) is 2.09. The molecule has 0 aromatic carbocycles. The third kappa shape index (κ3) is 3.14. The molecular weight excluding hydrogens is 240 g/mol. The van der Waals surface area contributed by atoms with Crippen molar-refractivity contribution in [2.45, 2.75) is 38.3 Å². The highest BCUT2D eigenvalue weighted by Crippen LogP contribution is 2.33. The Morgan fingerprint density at radius 3 is 2.68 bits per heavy atom. The van der Waals surface area contributed by atoms with Gasteiger partial charge in [0.1, 0.15) is 5.60 Å². The smallest absolute Gasteiger partial charge is 0.117 e. The molecule has 4 nitrogen and oxygen atoms in total. The standard InChI is InChI=1S/C15H24N2O2/c1-11(2)13-6-5-12(14(16-13)9-17(3)4)15(18)7-8-19-10-15/h5-6,11,18H,7-10H2,1-4H3/t15-/m1/s1. The number of ether oxygens (including phenoxy) is 1. The number of rotatable bonds is 4. The SMILES string of the molecule is CC(C)c1ccc([C@@]2(O)CCOC2)c(CN(C)C)n1. The molecule has 4 heteroatoms. The van der Waals surface area contributed by atoms with E-state index in [4.69, 9.17) is 9.72 Å². The molecule has 1 N–H and O–H groups in total. The van der Waals surface area contributed by atoms with Crippen LogP contribution in [0.15, 0.2) is 12.1 Å². The van der Waals surface area contributed by atoms with E-state index in [9.17, 15) is 5.11 Å². The van der Waals surface area contributed by atoms with Gasteiger partial charge in [0, 0.05) is 30.8 Å². The first-order chi connectivity index (χ1) is 8.92. The lowest BCUT2D eigenvalue weighted by Crippen LogP contribution is -2.29. The van der Waals surface area contributed by atoms with Crippen LogP contribution in [-0.4, -0.2) is 42.3 Å². The second-order valence-electron chi connectivity index (χ2n) is 5.96. The van der Waals surface area contributed by atoms with E-state index < -0.39 is 5.60 Å². The fourth-order valence-corrected chi connectivity index (χ4v) is 2.45. The van der Waals surface area contributed by atoms with Crippen LogP contribution in [0.1, 0.15) is 43.1 Å². The number of aromatic nitrogens is 1. The van der Waals surface area contributed by atoms with Gasteiger partial charge in [-0.1, -0.05) is 19.9 Å². The maximum atomic E-state index is 10.7. The zero-order valence-corrected chi connectivity index (χ0v) is 12.3. The van der Waals surface area contributed by atoms with Crippen molar-refractivity contribution in [1.29, 1.82) is 0 Å². The number of aliphatic hydroxyl groups is 1. The van der Waals surface area contributed by atoms with E-state index in [1.807, 2.05) is 26.2 Å². The molecule has 0 radical (unpaired) electrons. The Hall–Kier alpha value is -0.970. The molecule has 1 aromatic heterocycles. The summed E-state index contributed by atoms with van der Waals surface area (Å²) in [5.74, 6) is 0.393. The van der Waals surface area contributed by atoms with E-state index in [1.165, 1.54) is 0 Å².